The summed E-state index contributed by atoms with van der Waals surface area (Å²) in [6.07, 6.45) is 59.2. The molecule has 0 fully saturated rings. The summed E-state index contributed by atoms with van der Waals surface area (Å²) >= 11 is 0. The van der Waals surface area contributed by atoms with Crippen LogP contribution in [0.2, 0.25) is 0 Å². The highest BCUT2D eigenvalue weighted by atomic mass is 31.2. The second kappa shape index (κ2) is 68.3. The van der Waals surface area contributed by atoms with Gasteiger partial charge in [0.05, 0.1) is 26.4 Å². The Balaban J connectivity index is 5.27. The van der Waals surface area contributed by atoms with Crippen LogP contribution >= 0.6 is 15.6 Å². The van der Waals surface area contributed by atoms with Crippen molar-refractivity contribution in [2.75, 3.05) is 39.6 Å². The van der Waals surface area contributed by atoms with Crippen molar-refractivity contribution in [2.45, 2.75) is 394 Å². The van der Waals surface area contributed by atoms with Gasteiger partial charge < -0.3 is 33.8 Å². The molecular weight excluding hydrogens is 1260 g/mol. The van der Waals surface area contributed by atoms with E-state index in [0.717, 1.165) is 127 Å². The van der Waals surface area contributed by atoms with Crippen molar-refractivity contribution in [3.05, 3.63) is 24.3 Å². The Morgan fingerprint density at radius 1 is 0.344 bits per heavy atom. The van der Waals surface area contributed by atoms with Crippen molar-refractivity contribution in [2.24, 2.45) is 11.8 Å². The fourth-order valence-corrected chi connectivity index (χ4v) is 12.8. The summed E-state index contributed by atoms with van der Waals surface area (Å²) < 4.78 is 68.5. The maximum Gasteiger partial charge on any atom is 0.472 e. The second-order valence-corrected chi connectivity index (χ2v) is 30.7. The van der Waals surface area contributed by atoms with Gasteiger partial charge in [-0.25, -0.2) is 9.13 Å². The zero-order valence-electron chi connectivity index (χ0n) is 62.2. The second-order valence-electron chi connectivity index (χ2n) is 27.8. The van der Waals surface area contributed by atoms with Crippen LogP contribution < -0.4 is 0 Å². The van der Waals surface area contributed by atoms with Gasteiger partial charge in [-0.3, -0.25) is 37.3 Å². The first-order valence-corrected chi connectivity index (χ1v) is 42.3. The van der Waals surface area contributed by atoms with E-state index in [4.69, 9.17) is 37.0 Å². The number of hydrogen-bond acceptors (Lipinski definition) is 15. The van der Waals surface area contributed by atoms with Gasteiger partial charge in [0.1, 0.15) is 19.3 Å². The van der Waals surface area contributed by atoms with Gasteiger partial charge in [0.25, 0.3) is 0 Å². The lowest BCUT2D eigenvalue weighted by Crippen LogP contribution is -2.30. The normalized spacial score (nSPS) is 14.4. The lowest BCUT2D eigenvalue weighted by atomic mass is 10.00. The Bertz CT molecular complexity index is 1950. The molecule has 0 aliphatic rings. The Labute approximate surface area is 586 Å². The Kier molecular flexibility index (Phi) is 66.6. The fourth-order valence-electron chi connectivity index (χ4n) is 11.3. The van der Waals surface area contributed by atoms with Gasteiger partial charge in [0.15, 0.2) is 12.2 Å². The number of carbonyl (C=O) groups excluding carboxylic acids is 4. The zero-order chi connectivity index (χ0) is 70.7. The van der Waals surface area contributed by atoms with Gasteiger partial charge in [0.2, 0.25) is 0 Å². The molecule has 0 radical (unpaired) electrons. The molecule has 0 heterocycles. The number of carbonyl (C=O) groups is 4. The minimum absolute atomic E-state index is 0.101. The minimum Gasteiger partial charge on any atom is -0.462 e. The molecule has 566 valence electrons. The van der Waals surface area contributed by atoms with Gasteiger partial charge in [0, 0.05) is 25.7 Å². The smallest absolute Gasteiger partial charge is 0.462 e. The van der Waals surface area contributed by atoms with Crippen LogP contribution in [-0.2, 0) is 65.4 Å². The number of phosphoric ester groups is 2. The van der Waals surface area contributed by atoms with Crippen LogP contribution in [0, 0.1) is 11.8 Å². The maximum absolute atomic E-state index is 13.1. The monoisotopic (exact) mass is 1410 g/mol. The summed E-state index contributed by atoms with van der Waals surface area (Å²) in [5, 5.41) is 10.6. The summed E-state index contributed by atoms with van der Waals surface area (Å²) in [4.78, 5) is 72.8. The van der Waals surface area contributed by atoms with Gasteiger partial charge in [-0.1, -0.05) is 323 Å². The molecule has 0 bridgehead atoms. The molecule has 0 aromatic heterocycles. The third kappa shape index (κ3) is 68.7. The number of phosphoric acid groups is 2. The quantitative estimate of drug-likeness (QED) is 0.0169. The van der Waals surface area contributed by atoms with E-state index in [1.54, 1.807) is 0 Å². The van der Waals surface area contributed by atoms with E-state index in [-0.39, 0.29) is 25.7 Å². The third-order valence-corrected chi connectivity index (χ3v) is 19.6. The third-order valence-electron chi connectivity index (χ3n) is 17.7. The van der Waals surface area contributed by atoms with E-state index in [1.807, 2.05) is 0 Å². The molecule has 0 aliphatic carbocycles. The molecule has 3 unspecified atom stereocenters. The zero-order valence-corrected chi connectivity index (χ0v) is 63.9. The molecule has 96 heavy (non-hydrogen) atoms. The maximum atomic E-state index is 13.1. The standard InChI is InChI=1S/C77H146O17P2/c1-7-10-12-14-16-18-20-22-24-25-26-27-29-31-33-37-41-49-55-61-76(81)93-72(65-87-74(79)59-53-47-40-36-32-30-28-23-21-19-17-15-13-11-8-2)67-91-95(83,84)89-63-71(78)64-90-96(85,86)92-68-73(66-88-75(80)60-54-48-44-43-46-52-58-70(6)9-3)94-77(82)62-56-50-42-38-34-35-39-45-51-57-69(4)5/h19,21,23,28,69-73,78H,7-18,20,22,24-27,29-68H2,1-6H3,(H,83,84)(H,85,86)/b21-19-,28-23-/t70?,71-,72-,73-/m1/s1. The minimum atomic E-state index is -4.97. The van der Waals surface area contributed by atoms with Gasteiger partial charge >= 0.3 is 39.5 Å². The number of unbranched alkanes of at least 4 members (excludes halogenated alkanes) is 40. The molecule has 0 aromatic rings. The summed E-state index contributed by atoms with van der Waals surface area (Å²) in [7, 11) is -9.92. The molecule has 0 rings (SSSR count). The predicted molar refractivity (Wildman–Crippen MR) is 391 cm³/mol. The highest BCUT2D eigenvalue weighted by molar-refractivity contribution is 7.47. The van der Waals surface area contributed by atoms with E-state index >= 15 is 0 Å². The highest BCUT2D eigenvalue weighted by Crippen LogP contribution is 2.45. The van der Waals surface area contributed by atoms with Crippen molar-refractivity contribution >= 4 is 39.5 Å². The highest BCUT2D eigenvalue weighted by Gasteiger charge is 2.30. The van der Waals surface area contributed by atoms with Crippen molar-refractivity contribution in [3.63, 3.8) is 0 Å². The molecule has 6 atom stereocenters. The van der Waals surface area contributed by atoms with E-state index in [2.05, 4.69) is 65.8 Å². The van der Waals surface area contributed by atoms with Crippen molar-refractivity contribution in [1.82, 2.24) is 0 Å². The number of hydrogen-bond donors (Lipinski definition) is 3. The first-order valence-electron chi connectivity index (χ1n) is 39.3. The summed E-state index contributed by atoms with van der Waals surface area (Å²) in [5.41, 5.74) is 0. The molecular formula is C77H146O17P2. The van der Waals surface area contributed by atoms with Crippen LogP contribution in [0.15, 0.2) is 24.3 Å². The van der Waals surface area contributed by atoms with Crippen molar-refractivity contribution < 1.29 is 80.2 Å². The first-order chi connectivity index (χ1) is 46.4. The Morgan fingerprint density at radius 2 is 0.615 bits per heavy atom. The predicted octanol–water partition coefficient (Wildman–Crippen LogP) is 22.3. The number of aliphatic hydroxyl groups excluding tert-OH is 1. The van der Waals surface area contributed by atoms with Crippen LogP contribution in [0.5, 0.6) is 0 Å². The Morgan fingerprint density at radius 3 is 0.938 bits per heavy atom. The van der Waals surface area contributed by atoms with E-state index in [0.29, 0.717) is 25.7 Å². The van der Waals surface area contributed by atoms with E-state index < -0.39 is 97.5 Å². The molecule has 0 amide bonds. The molecule has 3 N–H and O–H groups in total. The molecule has 0 aromatic carbocycles. The summed E-state index contributed by atoms with van der Waals surface area (Å²) in [6, 6.07) is 0. The van der Waals surface area contributed by atoms with Gasteiger partial charge in [-0.15, -0.1) is 0 Å². The summed E-state index contributed by atoms with van der Waals surface area (Å²) in [5.74, 6) is -0.683. The topological polar surface area (TPSA) is 237 Å². The van der Waals surface area contributed by atoms with Gasteiger partial charge in [-0.2, -0.15) is 0 Å². The molecule has 0 aliphatic heterocycles. The molecule has 0 spiro atoms. The van der Waals surface area contributed by atoms with Crippen molar-refractivity contribution in [3.8, 4) is 0 Å². The van der Waals surface area contributed by atoms with Crippen LogP contribution in [0.3, 0.4) is 0 Å². The molecule has 0 saturated heterocycles. The average Bonchev–Trinajstić information content (AvgIpc) is 3.17. The van der Waals surface area contributed by atoms with E-state index in [9.17, 15) is 43.2 Å². The fraction of sp³-hybridized carbons (Fsp3) is 0.896. The number of ether oxygens (including phenoxy) is 4. The molecule has 19 heteroatoms. The Hall–Kier alpha value is -2.46. The van der Waals surface area contributed by atoms with Gasteiger partial charge in [-0.05, 0) is 63.2 Å². The van der Waals surface area contributed by atoms with Crippen LogP contribution in [0.1, 0.15) is 375 Å². The average molecular weight is 1410 g/mol. The lowest BCUT2D eigenvalue weighted by Gasteiger charge is -2.21. The number of esters is 4. The number of rotatable bonds is 74. The summed E-state index contributed by atoms with van der Waals surface area (Å²) in [6.45, 7) is 9.47. The first kappa shape index (κ1) is 93.5. The van der Waals surface area contributed by atoms with Crippen LogP contribution in [0.4, 0.5) is 0 Å². The number of allylic oxidation sites excluding steroid dienone is 4. The number of aliphatic hydroxyl groups is 1. The van der Waals surface area contributed by atoms with E-state index in [1.165, 1.54) is 167 Å². The lowest BCUT2D eigenvalue weighted by molar-refractivity contribution is -0.161. The molecule has 0 saturated carbocycles. The molecule has 17 nitrogen and oxygen atoms in total. The van der Waals surface area contributed by atoms with Crippen molar-refractivity contribution in [1.29, 1.82) is 0 Å². The van der Waals surface area contributed by atoms with Crippen LogP contribution in [-0.4, -0.2) is 96.7 Å². The van der Waals surface area contributed by atoms with Crippen LogP contribution in [0.25, 0.3) is 0 Å². The largest absolute Gasteiger partial charge is 0.472 e. The SMILES string of the molecule is CCCCCC/C=C\C=C/CCCCCCCC(=O)OC[C@H](COP(=O)(O)OC[C@@H](O)COP(=O)(O)OC[C@@H](COC(=O)CCCCCCCCC(C)CC)OC(=O)CCCCCCCCCCCC(C)C)OC(=O)CCCCCCCCCCCCCCCCCCCCC.